The predicted octanol–water partition coefficient (Wildman–Crippen LogP) is 0.180. The average molecular weight is 2010 g/mol. The molecule has 9 aromatic rings. The summed E-state index contributed by atoms with van der Waals surface area (Å²) in [6.07, 6.45) is -14.1. The number of ether oxygens (including phenoxy) is 6. The van der Waals surface area contributed by atoms with Crippen LogP contribution in [-0.2, 0) is 154 Å². The first-order valence-electron chi connectivity index (χ1n) is 38.0. The number of nitrogens with zero attached hydrogens (tertiary/aromatic N) is 14. The number of aromatic amines is 4. The highest BCUT2D eigenvalue weighted by Gasteiger charge is 2.51. The van der Waals surface area contributed by atoms with Crippen molar-refractivity contribution in [3.63, 3.8) is 0 Å². The maximum atomic E-state index is 13.4. The SMILES string of the molecule is CC[C@H]1O[C@@H](n2cc(C)c(=O)[nH]c2=O)CC1OP(O)(=S)OC[C@H]1O[C@@H](n2cc(C)c(=O)[nH]c2=O)CC1OP(O)(=S)OC[C@H]1O[C@@H](n2cnc3c(=O)[nH]c(N)nc32)CC1OP(O)(=S)OC[C@H]1O[C@@H](n2cnc3c(=O)[nH]c(N)nc32)CC1OP(O)(=S)OC[C@H]1O[C@@H](n2cnc3c(N)ncnc32)CC1OP(O)(=S)OC[C@H]1O[C@@H](n2cc(C)c(N)nc2=O)CC1OP(O)(=S)OC. The second-order valence-corrected chi connectivity index (χ2v) is 46.4. The van der Waals surface area contributed by atoms with Gasteiger partial charge >= 0.3 is 57.4 Å². The zero-order valence-electron chi connectivity index (χ0n) is 66.5. The molecule has 0 radical (unpaired) electrons. The Hall–Kier alpha value is -6.37. The zero-order valence-corrected chi connectivity index (χ0v) is 76.8. The van der Waals surface area contributed by atoms with Crippen molar-refractivity contribution >= 4 is 168 Å². The molecule has 6 aliphatic rings. The molecule has 15 rings (SSSR count). The number of H-pyrrole nitrogens is 4. The van der Waals surface area contributed by atoms with Crippen LogP contribution >= 0.6 is 40.3 Å². The molecule has 65 heteroatoms. The summed E-state index contributed by atoms with van der Waals surface area (Å²) in [4.78, 5) is 204. The Balaban J connectivity index is 0.652. The van der Waals surface area contributed by atoms with Crippen LogP contribution in [-0.4, -0.2) is 230 Å². The molecule has 9 aromatic heterocycles. The number of hydrogen-bond acceptors (Lipinski definition) is 43. The molecule has 0 amide bonds. The summed E-state index contributed by atoms with van der Waals surface area (Å²) in [6.45, 7) is -24.0. The van der Waals surface area contributed by atoms with Crippen molar-refractivity contribution in [1.82, 2.24) is 87.2 Å². The van der Waals surface area contributed by atoms with E-state index >= 15 is 0 Å². The van der Waals surface area contributed by atoms with Crippen LogP contribution in [0.3, 0.4) is 0 Å². The van der Waals surface area contributed by atoms with Crippen LogP contribution in [0.4, 0.5) is 23.5 Å². The van der Waals surface area contributed by atoms with Gasteiger partial charge in [0.15, 0.2) is 33.8 Å². The number of fused-ring (bicyclic) bond motifs is 3. The van der Waals surface area contributed by atoms with Crippen LogP contribution in [0.2, 0.25) is 0 Å². The van der Waals surface area contributed by atoms with E-state index in [0.717, 1.165) is 16.2 Å². The lowest BCUT2D eigenvalue weighted by Gasteiger charge is -2.28. The lowest BCUT2D eigenvalue weighted by Crippen LogP contribution is -2.33. The van der Waals surface area contributed by atoms with Crippen molar-refractivity contribution < 1.29 is 112 Å². The third kappa shape index (κ3) is 21.8. The maximum absolute atomic E-state index is 13.4. The van der Waals surface area contributed by atoms with Crippen molar-refractivity contribution in [3.8, 4) is 0 Å². The molecule has 18 N–H and O–H groups in total. The summed E-state index contributed by atoms with van der Waals surface area (Å²) in [5.74, 6) is -0.620. The second kappa shape index (κ2) is 37.9. The Labute approximate surface area is 742 Å². The molecule has 12 unspecified atom stereocenters. The van der Waals surface area contributed by atoms with E-state index in [2.05, 4.69) is 59.8 Å². The largest absolute Gasteiger partial charge is 0.383 e. The van der Waals surface area contributed by atoms with Gasteiger partial charge in [-0.05, 0) is 98.0 Å². The second-order valence-electron chi connectivity index (χ2n) is 29.5. The van der Waals surface area contributed by atoms with Crippen LogP contribution in [0, 0.1) is 20.8 Å². The molecule has 0 aliphatic carbocycles. The molecule has 127 heavy (non-hydrogen) atoms. The fourth-order valence-corrected chi connectivity index (χ4v) is 23.2. The normalized spacial score (nSPS) is 29.2. The minimum Gasteiger partial charge on any atom is -0.383 e. The van der Waals surface area contributed by atoms with Gasteiger partial charge in [0.2, 0.25) is 11.9 Å². The Morgan fingerprint density at radius 2 is 0.693 bits per heavy atom. The standard InChI is InChI=1S/C62H82N22O31P6S6/c1-6-28-29(7-40(104-28)80-14-26(3)54(85)77-61(80)90)111-117(93,123)99-17-36-31(9-42(106-36)81-15-27(4)55(86)78-62(81)91)112-118(94,124)102-19-38-33(11-44(108-38)83-23-70-47-52(83)73-58(65)75-56(47)87)115-121(97,127)103-20-39-34(12-45(109-39)84-24-71-48-53(84)74-59(66)76-57(48)88)114-120(96,126)101-18-37-32(10-43(107-37)82-22-69-46-50(64)67-21-68-51(46)82)113-119(95,125)100-16-35-30(110-116(92,122)98-5)8-41(105-35)79-13-25(2)49(63)72-60(79)89/h13-15,21-24,28-45H,6-12,16-20H2,1-5H3,(H,92,122)(H,93,123)(H,94,124)(H,95,125)(H,96,126)(H,97,127)(H2,63,72,89)(H2,64,67,68)(H,77,85,90)(H,78,86,91)(H3,65,73,75,87)(H3,66,74,76,88)/t28-,29?,30?,31?,32?,33?,34?,35-,36-,37-,38-,39-,40-,41-,42-,43-,44-,45-,116?,117?,118?,119?,120?,121?/m1/s1. The fraction of sp³-hybridized carbons (Fsp3) is 0.565. The van der Waals surface area contributed by atoms with E-state index in [1.54, 1.807) is 13.8 Å². The number of nitrogens with two attached hydrogens (primary N) is 4. The van der Waals surface area contributed by atoms with Gasteiger partial charge in [-0.25, -0.2) is 39.3 Å². The van der Waals surface area contributed by atoms with Crippen LogP contribution in [0.15, 0.2) is 77.5 Å². The maximum Gasteiger partial charge on any atom is 0.351 e. The molecule has 15 heterocycles. The fourth-order valence-electron chi connectivity index (χ4n) is 14.8. The number of hydrogen-bond donors (Lipinski definition) is 14. The molecule has 0 aromatic carbocycles. The van der Waals surface area contributed by atoms with Crippen molar-refractivity contribution in [2.24, 2.45) is 0 Å². The van der Waals surface area contributed by atoms with Crippen molar-refractivity contribution in [2.45, 2.75) is 183 Å². The van der Waals surface area contributed by atoms with E-state index < -0.39 is 223 Å². The third-order valence-corrected chi connectivity index (χ3v) is 30.6. The molecule has 0 saturated carbocycles. The molecule has 6 aliphatic heterocycles. The summed E-state index contributed by atoms with van der Waals surface area (Å²) in [5, 5.41) is 0. The molecule has 0 bridgehead atoms. The molecule has 24 atom stereocenters. The molecule has 0 spiro atoms. The van der Waals surface area contributed by atoms with Crippen molar-refractivity contribution in [2.75, 3.05) is 63.1 Å². The average Bonchev–Trinajstić information content (AvgIpc) is 1.64. The monoisotopic (exact) mass is 2010 g/mol. The molecule has 692 valence electrons. The number of imidazole rings is 3. The van der Waals surface area contributed by atoms with E-state index in [9.17, 15) is 62.9 Å². The molecular weight excluding hydrogens is 1930 g/mol. The van der Waals surface area contributed by atoms with E-state index in [1.807, 2.05) is 0 Å². The van der Waals surface area contributed by atoms with Gasteiger partial charge in [-0.3, -0.25) is 66.5 Å². The van der Waals surface area contributed by atoms with Gasteiger partial charge in [-0.15, -0.1) is 0 Å². The first-order valence-corrected chi connectivity index (χ1v) is 53.6. The molecule has 53 nitrogen and oxygen atoms in total. The molecule has 6 saturated heterocycles. The number of rotatable bonds is 35. The van der Waals surface area contributed by atoms with Gasteiger partial charge < -0.3 is 135 Å². The summed E-state index contributed by atoms with van der Waals surface area (Å²) < 4.78 is 117. The van der Waals surface area contributed by atoms with Gasteiger partial charge in [0.25, 0.3) is 22.2 Å². The summed E-state index contributed by atoms with van der Waals surface area (Å²) in [6, 6.07) is 0. The Morgan fingerprint density at radius 1 is 0.386 bits per heavy atom. The highest BCUT2D eigenvalue weighted by Crippen LogP contribution is 2.58. The Morgan fingerprint density at radius 3 is 1.05 bits per heavy atom. The van der Waals surface area contributed by atoms with Gasteiger partial charge in [-0.2, -0.15) is 15.0 Å². The van der Waals surface area contributed by atoms with E-state index in [1.165, 1.54) is 76.0 Å². The minimum atomic E-state index is -4.71. The van der Waals surface area contributed by atoms with Gasteiger partial charge in [0, 0.05) is 80.9 Å². The zero-order chi connectivity index (χ0) is 91.1. The van der Waals surface area contributed by atoms with Gasteiger partial charge in [0.05, 0.1) is 94.7 Å². The molecule has 6 fully saturated rings. The summed E-state index contributed by atoms with van der Waals surface area (Å²) in [5.41, 5.74) is 19.5. The third-order valence-electron chi connectivity index (χ3n) is 21.0. The van der Waals surface area contributed by atoms with Crippen LogP contribution < -0.4 is 62.2 Å². The Kier molecular flexibility index (Phi) is 28.5. The number of aryl methyl sites for hydroxylation is 3. The smallest absolute Gasteiger partial charge is 0.351 e. The summed E-state index contributed by atoms with van der Waals surface area (Å²) >= 11 is 33.3. The van der Waals surface area contributed by atoms with Crippen LogP contribution in [0.25, 0.3) is 33.5 Å². The lowest BCUT2D eigenvalue weighted by atomic mass is 10.1. The highest BCUT2D eigenvalue weighted by molar-refractivity contribution is 8.08. The van der Waals surface area contributed by atoms with Gasteiger partial charge in [-0.1, -0.05) is 6.92 Å². The quantitative estimate of drug-likeness (QED) is 0.0236. The number of nitrogens with one attached hydrogen (secondary N) is 4. The van der Waals surface area contributed by atoms with Crippen molar-refractivity contribution in [3.05, 3.63) is 133 Å². The van der Waals surface area contributed by atoms with Crippen LogP contribution in [0.1, 0.15) is 106 Å². The topological polar surface area (TPSA) is 707 Å². The van der Waals surface area contributed by atoms with Gasteiger partial charge in [0.1, 0.15) is 85.5 Å². The first-order chi connectivity index (χ1) is 59.9. The van der Waals surface area contributed by atoms with E-state index in [-0.39, 0.29) is 107 Å². The van der Waals surface area contributed by atoms with E-state index in [0.29, 0.717) is 12.0 Å². The molecular formula is C62H82N22O31P6S6. The highest BCUT2D eigenvalue weighted by atomic mass is 32.5. The number of anilines is 4. The number of aromatic nitrogens is 18. The minimum absolute atomic E-state index is 0.0220. The van der Waals surface area contributed by atoms with E-state index in [4.69, 9.17) is 176 Å². The van der Waals surface area contributed by atoms with Crippen molar-refractivity contribution in [1.29, 1.82) is 0 Å². The summed E-state index contributed by atoms with van der Waals surface area (Å²) in [7, 11) is 1.13. The Bertz CT molecular complexity index is 6460. The first kappa shape index (κ1) is 95.2. The number of nitrogen functional groups attached to an aromatic ring is 4. The van der Waals surface area contributed by atoms with Crippen LogP contribution in [0.5, 0.6) is 0 Å². The lowest BCUT2D eigenvalue weighted by molar-refractivity contribution is -0.0560. The predicted molar refractivity (Wildman–Crippen MR) is 461 cm³/mol.